The minimum atomic E-state index is -4.21. The van der Waals surface area contributed by atoms with Crippen molar-refractivity contribution in [1.29, 1.82) is 0 Å². The number of fused-ring (bicyclic) bond motifs is 3. The summed E-state index contributed by atoms with van der Waals surface area (Å²) < 4.78 is 54.2. The minimum Gasteiger partial charge on any atom is -0.462 e. The highest BCUT2D eigenvalue weighted by molar-refractivity contribution is 7.87. The van der Waals surface area contributed by atoms with Crippen LogP contribution in [0.15, 0.2) is 36.1 Å². The first-order valence-electron chi connectivity index (χ1n) is 18.5. The van der Waals surface area contributed by atoms with Crippen LogP contribution in [0.3, 0.4) is 0 Å². The van der Waals surface area contributed by atoms with Crippen molar-refractivity contribution < 1.29 is 46.3 Å². The molecule has 1 saturated heterocycles. The molecule has 5 atom stereocenters. The Kier molecular flexibility index (Phi) is 11.6. The van der Waals surface area contributed by atoms with E-state index in [1.54, 1.807) is 18.2 Å². The Hall–Kier alpha value is -4.27. The van der Waals surface area contributed by atoms with Gasteiger partial charge in [0.2, 0.25) is 11.8 Å². The van der Waals surface area contributed by atoms with Crippen molar-refractivity contribution >= 4 is 40.0 Å². The molecular formula is C37H48FN5O9S. The number of carbonyl (C=O) groups excluding carboxylic acids is 5. The van der Waals surface area contributed by atoms with Gasteiger partial charge in [0.25, 0.3) is 5.91 Å². The number of nitrogens with one attached hydrogen (secondary N) is 2. The van der Waals surface area contributed by atoms with Gasteiger partial charge in [0.15, 0.2) is 0 Å². The SMILES string of the molecule is CN(C)S(=O)(=O)NC(=O)[C@@]12C[C@H]1C=C=CCCCCC[C@H](CC(=O)OC1CCCC1)C(=O)N1C[C@H](OC(=O)N3Cc4cccc(F)c4C3)C[C@H]1C(=O)N2. The minimum absolute atomic E-state index is 0.00212. The fourth-order valence-electron chi connectivity index (χ4n) is 7.73. The maximum atomic E-state index is 14.4. The molecule has 3 fully saturated rings. The predicted octanol–water partition coefficient (Wildman–Crippen LogP) is 3.21. The van der Waals surface area contributed by atoms with Crippen molar-refractivity contribution in [3.05, 3.63) is 53.0 Å². The van der Waals surface area contributed by atoms with Crippen molar-refractivity contribution in [2.75, 3.05) is 20.6 Å². The Labute approximate surface area is 309 Å². The van der Waals surface area contributed by atoms with Gasteiger partial charge in [-0.2, -0.15) is 12.7 Å². The van der Waals surface area contributed by atoms with E-state index >= 15 is 0 Å². The lowest BCUT2D eigenvalue weighted by Gasteiger charge is -2.29. The lowest BCUT2D eigenvalue weighted by molar-refractivity contribution is -0.154. The first-order chi connectivity index (χ1) is 25.3. The summed E-state index contributed by atoms with van der Waals surface area (Å²) in [6.07, 6.45) is 8.09. The zero-order chi connectivity index (χ0) is 37.9. The van der Waals surface area contributed by atoms with Gasteiger partial charge < -0.3 is 19.7 Å². The number of hydrogen-bond donors (Lipinski definition) is 2. The van der Waals surface area contributed by atoms with E-state index in [-0.39, 0.29) is 45.0 Å². The van der Waals surface area contributed by atoms with Gasteiger partial charge in [-0.25, -0.2) is 13.9 Å². The first kappa shape index (κ1) is 38.5. The van der Waals surface area contributed by atoms with Crippen molar-refractivity contribution in [3.63, 3.8) is 0 Å². The molecule has 0 bridgehead atoms. The average Bonchev–Trinajstić information content (AvgIpc) is 3.53. The third-order valence-corrected chi connectivity index (χ3v) is 12.4. The van der Waals surface area contributed by atoms with Crippen LogP contribution in [0.5, 0.6) is 0 Å². The van der Waals surface area contributed by atoms with Crippen LogP contribution in [0.1, 0.15) is 88.2 Å². The van der Waals surface area contributed by atoms with Crippen molar-refractivity contribution in [2.45, 2.75) is 114 Å². The molecule has 16 heteroatoms. The fraction of sp³-hybridized carbons (Fsp3) is 0.622. The Morgan fingerprint density at radius 3 is 2.53 bits per heavy atom. The highest BCUT2D eigenvalue weighted by atomic mass is 32.2. The predicted molar refractivity (Wildman–Crippen MR) is 188 cm³/mol. The molecule has 2 N–H and O–H groups in total. The molecule has 3 aliphatic heterocycles. The van der Waals surface area contributed by atoms with E-state index in [4.69, 9.17) is 9.47 Å². The number of amides is 4. The van der Waals surface area contributed by atoms with Crippen LogP contribution in [0.2, 0.25) is 0 Å². The summed E-state index contributed by atoms with van der Waals surface area (Å²) in [7, 11) is -1.68. The smallest absolute Gasteiger partial charge is 0.410 e. The van der Waals surface area contributed by atoms with Gasteiger partial charge in [-0.15, -0.1) is 5.73 Å². The number of carbonyl (C=O) groups is 5. The summed E-state index contributed by atoms with van der Waals surface area (Å²) in [5.41, 5.74) is 2.48. The van der Waals surface area contributed by atoms with Crippen LogP contribution in [-0.4, -0.2) is 96.7 Å². The van der Waals surface area contributed by atoms with E-state index in [1.165, 1.54) is 30.0 Å². The quantitative estimate of drug-likeness (QED) is 0.313. The second-order valence-electron chi connectivity index (χ2n) is 14.9. The molecule has 1 aromatic rings. The summed E-state index contributed by atoms with van der Waals surface area (Å²) >= 11 is 0. The number of esters is 1. The molecule has 0 spiro atoms. The van der Waals surface area contributed by atoms with Crippen LogP contribution in [0.25, 0.3) is 0 Å². The maximum absolute atomic E-state index is 14.4. The average molecular weight is 758 g/mol. The van der Waals surface area contributed by atoms with Crippen LogP contribution < -0.4 is 10.0 Å². The monoisotopic (exact) mass is 757 g/mol. The van der Waals surface area contributed by atoms with Gasteiger partial charge in [-0.3, -0.25) is 24.1 Å². The zero-order valence-corrected chi connectivity index (χ0v) is 31.0. The number of rotatable bonds is 7. The number of hydrogen-bond acceptors (Lipinski definition) is 9. The molecule has 3 heterocycles. The van der Waals surface area contributed by atoms with Crippen molar-refractivity contribution in [2.24, 2.45) is 11.8 Å². The molecule has 0 unspecified atom stereocenters. The lowest BCUT2D eigenvalue weighted by atomic mass is 9.95. The van der Waals surface area contributed by atoms with Gasteiger partial charge in [-0.05, 0) is 75.1 Å². The van der Waals surface area contributed by atoms with E-state index in [9.17, 15) is 36.8 Å². The second kappa shape index (κ2) is 16.0. The second-order valence-corrected chi connectivity index (χ2v) is 16.8. The van der Waals surface area contributed by atoms with Gasteiger partial charge in [0, 0.05) is 44.5 Å². The zero-order valence-electron chi connectivity index (χ0n) is 30.2. The summed E-state index contributed by atoms with van der Waals surface area (Å²) in [4.78, 5) is 71.4. The van der Waals surface area contributed by atoms with Gasteiger partial charge in [-0.1, -0.05) is 25.0 Å². The number of benzene rings is 1. The van der Waals surface area contributed by atoms with Crippen LogP contribution in [-0.2, 0) is 52.0 Å². The van der Waals surface area contributed by atoms with E-state index in [0.717, 1.165) is 42.8 Å². The van der Waals surface area contributed by atoms with Crippen LogP contribution in [0, 0.1) is 17.7 Å². The van der Waals surface area contributed by atoms with Gasteiger partial charge in [0.05, 0.1) is 19.5 Å². The first-order valence-corrected chi connectivity index (χ1v) is 19.9. The van der Waals surface area contributed by atoms with Crippen LogP contribution >= 0.6 is 0 Å². The molecule has 288 valence electrons. The maximum Gasteiger partial charge on any atom is 0.410 e. The van der Waals surface area contributed by atoms with E-state index in [2.05, 4.69) is 11.0 Å². The highest BCUT2D eigenvalue weighted by Crippen LogP contribution is 2.45. The molecule has 0 radical (unpaired) electrons. The Balaban J connectivity index is 1.26. The molecular weight excluding hydrogens is 709 g/mol. The van der Waals surface area contributed by atoms with Gasteiger partial charge >= 0.3 is 22.3 Å². The molecule has 6 rings (SSSR count). The number of halogens is 1. The molecule has 1 aromatic carbocycles. The van der Waals surface area contributed by atoms with Crippen LogP contribution in [0.4, 0.5) is 9.18 Å². The lowest BCUT2D eigenvalue weighted by Crippen LogP contribution is -2.57. The largest absolute Gasteiger partial charge is 0.462 e. The molecule has 2 aliphatic carbocycles. The topological polar surface area (TPSA) is 172 Å². The highest BCUT2D eigenvalue weighted by Gasteiger charge is 2.62. The standard InChI is InChI=1S/C37H48FN5O9S/c1-41(2)53(49,50)40-35(47)37-20-26(37)14-8-6-4-3-5-7-12-24(18-32(44)51-27-15-9-10-16-27)34(46)43-22-28(19-31(43)33(45)39-37)52-36(48)42-21-25-13-11-17-30(38)29(25)23-42/h6,11,13-14,17,24,26-28,31H,3-5,7,9-10,12,15-16,18-23H2,1-2H3,(H,39,45)(H,40,47)/t8?,24-,26-,28-,31+,37-/m1/s1. The molecule has 53 heavy (non-hydrogen) atoms. The van der Waals surface area contributed by atoms with Crippen molar-refractivity contribution in [3.8, 4) is 0 Å². The molecule has 4 amide bonds. The van der Waals surface area contributed by atoms with E-state index in [1.807, 2.05) is 10.8 Å². The molecule has 5 aliphatic rings. The summed E-state index contributed by atoms with van der Waals surface area (Å²) in [6, 6.07) is 3.40. The summed E-state index contributed by atoms with van der Waals surface area (Å²) in [6.45, 7) is -0.0262. The van der Waals surface area contributed by atoms with Gasteiger partial charge in [0.1, 0.15) is 29.6 Å². The third kappa shape index (κ3) is 8.76. The summed E-state index contributed by atoms with van der Waals surface area (Å²) in [5, 5.41) is 2.76. The molecule has 2 saturated carbocycles. The van der Waals surface area contributed by atoms with Crippen molar-refractivity contribution in [1.82, 2.24) is 24.1 Å². The molecule has 0 aromatic heterocycles. The number of nitrogens with zero attached hydrogens (tertiary/aromatic N) is 3. The van der Waals surface area contributed by atoms with E-state index in [0.29, 0.717) is 30.4 Å². The fourth-order valence-corrected chi connectivity index (χ4v) is 8.32. The van der Waals surface area contributed by atoms with E-state index < -0.39 is 75.3 Å². The normalized spacial score (nSPS) is 27.9. The molecule has 14 nitrogen and oxygen atoms in total. The Bertz CT molecular complexity index is 1790. The Morgan fingerprint density at radius 2 is 1.79 bits per heavy atom. The Morgan fingerprint density at radius 1 is 1.04 bits per heavy atom. The summed E-state index contributed by atoms with van der Waals surface area (Å²) in [5.74, 6) is -4.46. The number of ether oxygens (including phenoxy) is 2. The third-order valence-electron chi connectivity index (χ3n) is 10.9.